The van der Waals surface area contributed by atoms with Crippen LogP contribution in [0.1, 0.15) is 57.4 Å². The molecule has 0 fully saturated rings. The highest BCUT2D eigenvalue weighted by Gasteiger charge is 2.04. The number of alkyl halides is 1. The minimum atomic E-state index is 0.448. The summed E-state index contributed by atoms with van der Waals surface area (Å²) in [5.74, 6) is 2.15. The number of rotatable bonds is 11. The standard InChI is InChI=1S/C17H27ClO2/c1-3-4-5-6-7-8-9-12-20-17-11-10-16(19-2)13-15(17)14-18/h10-11,13H,3-9,12,14H2,1-2H3. The van der Waals surface area contributed by atoms with E-state index in [0.717, 1.165) is 30.1 Å². The van der Waals surface area contributed by atoms with Gasteiger partial charge in [0, 0.05) is 5.56 Å². The average Bonchev–Trinajstić information content (AvgIpc) is 2.50. The van der Waals surface area contributed by atoms with Gasteiger partial charge in [-0.05, 0) is 24.6 Å². The molecule has 2 nitrogen and oxygen atoms in total. The van der Waals surface area contributed by atoms with E-state index in [1.807, 2.05) is 18.2 Å². The molecule has 0 heterocycles. The number of methoxy groups -OCH3 is 1. The Morgan fingerprint density at radius 2 is 1.70 bits per heavy atom. The lowest BCUT2D eigenvalue weighted by molar-refractivity contribution is 0.301. The molecule has 3 heteroatoms. The van der Waals surface area contributed by atoms with Crippen molar-refractivity contribution in [2.75, 3.05) is 13.7 Å². The molecule has 0 unspecified atom stereocenters. The van der Waals surface area contributed by atoms with Gasteiger partial charge in [-0.25, -0.2) is 0 Å². The van der Waals surface area contributed by atoms with Crippen LogP contribution in [-0.2, 0) is 5.88 Å². The van der Waals surface area contributed by atoms with Gasteiger partial charge in [-0.1, -0.05) is 45.4 Å². The summed E-state index contributed by atoms with van der Waals surface area (Å²) in [4.78, 5) is 0. The first-order valence-electron chi connectivity index (χ1n) is 7.67. The van der Waals surface area contributed by atoms with Gasteiger partial charge in [0.1, 0.15) is 11.5 Å². The zero-order valence-electron chi connectivity index (χ0n) is 12.8. The predicted octanol–water partition coefficient (Wildman–Crippen LogP) is 5.56. The molecule has 1 aromatic carbocycles. The van der Waals surface area contributed by atoms with Gasteiger partial charge in [-0.3, -0.25) is 0 Å². The monoisotopic (exact) mass is 298 g/mol. The van der Waals surface area contributed by atoms with Crippen LogP contribution in [0.15, 0.2) is 18.2 Å². The van der Waals surface area contributed by atoms with Crippen molar-refractivity contribution in [3.8, 4) is 11.5 Å². The van der Waals surface area contributed by atoms with Crippen LogP contribution in [-0.4, -0.2) is 13.7 Å². The van der Waals surface area contributed by atoms with Crippen molar-refractivity contribution in [2.24, 2.45) is 0 Å². The highest BCUT2D eigenvalue weighted by Crippen LogP contribution is 2.25. The third-order valence-corrected chi connectivity index (χ3v) is 3.71. The number of ether oxygens (including phenoxy) is 2. The molecule has 0 atom stereocenters. The van der Waals surface area contributed by atoms with Crippen LogP contribution < -0.4 is 9.47 Å². The largest absolute Gasteiger partial charge is 0.497 e. The first kappa shape index (κ1) is 17.2. The predicted molar refractivity (Wildman–Crippen MR) is 86.0 cm³/mol. The number of hydrogen-bond acceptors (Lipinski definition) is 2. The maximum absolute atomic E-state index is 5.94. The molecule has 1 aromatic rings. The molecular formula is C17H27ClO2. The third-order valence-electron chi connectivity index (χ3n) is 3.42. The lowest BCUT2D eigenvalue weighted by atomic mass is 10.1. The fraction of sp³-hybridized carbons (Fsp3) is 0.647. The van der Waals surface area contributed by atoms with Crippen LogP contribution in [0.2, 0.25) is 0 Å². The van der Waals surface area contributed by atoms with Crippen LogP contribution in [0, 0.1) is 0 Å². The molecule has 0 aliphatic rings. The van der Waals surface area contributed by atoms with Gasteiger partial charge >= 0.3 is 0 Å². The third kappa shape index (κ3) is 6.51. The Kier molecular flexibility index (Phi) is 9.31. The van der Waals surface area contributed by atoms with E-state index in [9.17, 15) is 0 Å². The molecule has 1 rings (SSSR count). The molecule has 20 heavy (non-hydrogen) atoms. The summed E-state index contributed by atoms with van der Waals surface area (Å²) >= 11 is 5.94. The Bertz CT molecular complexity index is 366. The zero-order valence-corrected chi connectivity index (χ0v) is 13.5. The second-order valence-corrected chi connectivity index (χ2v) is 5.34. The van der Waals surface area contributed by atoms with Crippen molar-refractivity contribution in [2.45, 2.75) is 57.7 Å². The van der Waals surface area contributed by atoms with Gasteiger partial charge in [-0.2, -0.15) is 0 Å². The fourth-order valence-electron chi connectivity index (χ4n) is 2.17. The first-order chi connectivity index (χ1) is 9.81. The molecular weight excluding hydrogens is 272 g/mol. The maximum Gasteiger partial charge on any atom is 0.123 e. The number of unbranched alkanes of at least 4 members (excludes halogenated alkanes) is 6. The van der Waals surface area contributed by atoms with Crippen LogP contribution >= 0.6 is 11.6 Å². The van der Waals surface area contributed by atoms with Gasteiger partial charge in [0.05, 0.1) is 19.6 Å². The van der Waals surface area contributed by atoms with Crippen molar-refractivity contribution in [3.63, 3.8) is 0 Å². The molecule has 0 spiro atoms. The SMILES string of the molecule is CCCCCCCCCOc1ccc(OC)cc1CCl. The van der Waals surface area contributed by atoms with Crippen LogP contribution in [0.25, 0.3) is 0 Å². The molecule has 0 radical (unpaired) electrons. The summed E-state index contributed by atoms with van der Waals surface area (Å²) < 4.78 is 11.0. The van der Waals surface area contributed by atoms with E-state index >= 15 is 0 Å². The fourth-order valence-corrected chi connectivity index (χ4v) is 2.38. The second-order valence-electron chi connectivity index (χ2n) is 5.08. The highest BCUT2D eigenvalue weighted by molar-refractivity contribution is 6.17. The van der Waals surface area contributed by atoms with Crippen LogP contribution in [0.3, 0.4) is 0 Å². The molecule has 0 saturated carbocycles. The van der Waals surface area contributed by atoms with Crippen molar-refractivity contribution in [3.05, 3.63) is 23.8 Å². The van der Waals surface area contributed by atoms with Gasteiger partial charge in [-0.15, -0.1) is 11.6 Å². The molecule has 0 aromatic heterocycles. The number of hydrogen-bond donors (Lipinski definition) is 0. The minimum absolute atomic E-state index is 0.448. The van der Waals surface area contributed by atoms with E-state index in [0.29, 0.717) is 5.88 Å². The Balaban J connectivity index is 2.21. The van der Waals surface area contributed by atoms with E-state index < -0.39 is 0 Å². The zero-order chi connectivity index (χ0) is 14.6. The molecule has 114 valence electrons. The number of benzene rings is 1. The van der Waals surface area contributed by atoms with Gasteiger partial charge in [0.2, 0.25) is 0 Å². The molecule has 0 N–H and O–H groups in total. The lowest BCUT2D eigenvalue weighted by Gasteiger charge is -2.11. The second kappa shape index (κ2) is 10.8. The molecule has 0 aliphatic carbocycles. The summed E-state index contributed by atoms with van der Waals surface area (Å²) in [6.45, 7) is 3.02. The minimum Gasteiger partial charge on any atom is -0.497 e. The highest BCUT2D eigenvalue weighted by atomic mass is 35.5. The Hall–Kier alpha value is -0.890. The summed E-state index contributed by atoms with van der Waals surface area (Å²) in [7, 11) is 1.66. The van der Waals surface area contributed by atoms with E-state index in [-0.39, 0.29) is 0 Å². The summed E-state index contributed by atoms with van der Waals surface area (Å²) in [6.07, 6.45) is 9.06. The Morgan fingerprint density at radius 1 is 1.00 bits per heavy atom. The van der Waals surface area contributed by atoms with Crippen molar-refractivity contribution in [1.29, 1.82) is 0 Å². The Labute approximate surface area is 128 Å². The topological polar surface area (TPSA) is 18.5 Å². The molecule has 0 aliphatic heterocycles. The molecule has 0 saturated heterocycles. The normalized spacial score (nSPS) is 10.6. The van der Waals surface area contributed by atoms with Crippen LogP contribution in [0.4, 0.5) is 0 Å². The van der Waals surface area contributed by atoms with Crippen molar-refractivity contribution >= 4 is 11.6 Å². The summed E-state index contributed by atoms with van der Waals surface area (Å²) in [6, 6.07) is 5.79. The van der Waals surface area contributed by atoms with Gasteiger partial charge in [0.25, 0.3) is 0 Å². The molecule has 0 amide bonds. The van der Waals surface area contributed by atoms with Crippen molar-refractivity contribution < 1.29 is 9.47 Å². The maximum atomic E-state index is 5.94. The average molecular weight is 299 g/mol. The summed E-state index contributed by atoms with van der Waals surface area (Å²) in [5.41, 5.74) is 0.994. The quantitative estimate of drug-likeness (QED) is 0.393. The van der Waals surface area contributed by atoms with Gasteiger partial charge in [0.15, 0.2) is 0 Å². The number of halogens is 1. The first-order valence-corrected chi connectivity index (χ1v) is 8.21. The Morgan fingerprint density at radius 3 is 2.35 bits per heavy atom. The smallest absolute Gasteiger partial charge is 0.123 e. The van der Waals surface area contributed by atoms with E-state index in [2.05, 4.69) is 6.92 Å². The van der Waals surface area contributed by atoms with E-state index in [1.165, 1.54) is 38.5 Å². The van der Waals surface area contributed by atoms with Crippen LogP contribution in [0.5, 0.6) is 11.5 Å². The van der Waals surface area contributed by atoms with E-state index in [4.69, 9.17) is 21.1 Å². The van der Waals surface area contributed by atoms with Gasteiger partial charge < -0.3 is 9.47 Å². The lowest BCUT2D eigenvalue weighted by Crippen LogP contribution is -2.00. The summed E-state index contributed by atoms with van der Waals surface area (Å²) in [5, 5.41) is 0. The molecule has 0 bridgehead atoms. The van der Waals surface area contributed by atoms with Crippen molar-refractivity contribution in [1.82, 2.24) is 0 Å². The van der Waals surface area contributed by atoms with E-state index in [1.54, 1.807) is 7.11 Å².